The van der Waals surface area contributed by atoms with Gasteiger partial charge in [-0.3, -0.25) is 19.1 Å². The van der Waals surface area contributed by atoms with Crippen molar-refractivity contribution in [2.45, 2.75) is 13.0 Å². The first-order chi connectivity index (χ1) is 12.5. The van der Waals surface area contributed by atoms with E-state index in [1.54, 1.807) is 24.3 Å². The fraction of sp³-hybridized carbons (Fsp3) is 0.235. The molecule has 0 aliphatic carbocycles. The molecule has 3 rings (SSSR count). The highest BCUT2D eigenvalue weighted by Gasteiger charge is 2.22. The number of carbonyl (C=O) groups is 1. The van der Waals surface area contributed by atoms with Crippen molar-refractivity contribution < 1.29 is 14.4 Å². The van der Waals surface area contributed by atoms with Crippen LogP contribution in [0.1, 0.15) is 21.6 Å². The van der Waals surface area contributed by atoms with E-state index in [9.17, 15) is 14.7 Å². The Morgan fingerprint density at radius 3 is 2.69 bits per heavy atom. The lowest BCUT2D eigenvalue weighted by atomic mass is 10.1. The zero-order valence-electron chi connectivity index (χ0n) is 14.3. The number of ketones is 1. The van der Waals surface area contributed by atoms with Crippen LogP contribution in [0.3, 0.4) is 0 Å². The summed E-state index contributed by atoms with van der Waals surface area (Å²) in [6.45, 7) is 0.451. The van der Waals surface area contributed by atoms with Gasteiger partial charge in [-0.25, -0.2) is 4.98 Å². The molecule has 0 aliphatic heterocycles. The molecule has 9 nitrogen and oxygen atoms in total. The van der Waals surface area contributed by atoms with Gasteiger partial charge in [-0.2, -0.15) is 0 Å². The molecule has 0 aromatic carbocycles. The van der Waals surface area contributed by atoms with Crippen molar-refractivity contribution in [3.63, 3.8) is 0 Å². The van der Waals surface area contributed by atoms with Crippen LogP contribution >= 0.6 is 0 Å². The second kappa shape index (κ2) is 7.18. The maximum Gasteiger partial charge on any atom is 0.297 e. The van der Waals surface area contributed by atoms with Crippen molar-refractivity contribution in [3.05, 3.63) is 64.2 Å². The van der Waals surface area contributed by atoms with Crippen LogP contribution < -0.4 is 10.5 Å². The fourth-order valence-corrected chi connectivity index (χ4v) is 2.53. The second-order valence-electron chi connectivity index (χ2n) is 5.82. The Morgan fingerprint density at radius 1 is 1.31 bits per heavy atom. The van der Waals surface area contributed by atoms with E-state index < -0.39 is 17.1 Å². The fourth-order valence-electron chi connectivity index (χ4n) is 2.53. The maximum absolute atomic E-state index is 12.5. The summed E-state index contributed by atoms with van der Waals surface area (Å²) in [5.41, 5.74) is 0.530. The van der Waals surface area contributed by atoms with Gasteiger partial charge in [0, 0.05) is 45.0 Å². The molecule has 1 N–H and O–H groups in total. The molecule has 0 amide bonds. The Morgan fingerprint density at radius 2 is 2.04 bits per heavy atom. The summed E-state index contributed by atoms with van der Waals surface area (Å²) in [5, 5.41) is 13.6. The molecule has 0 saturated heterocycles. The van der Waals surface area contributed by atoms with Crippen LogP contribution in [0.5, 0.6) is 5.75 Å². The maximum atomic E-state index is 12.5. The summed E-state index contributed by atoms with van der Waals surface area (Å²) >= 11 is 0. The van der Waals surface area contributed by atoms with Gasteiger partial charge in [-0.15, -0.1) is 0 Å². The number of pyridine rings is 1. The number of Topliss-reactive ketones (excluding diaryl/α,β-unsaturated/α-hetero) is 1. The largest absolute Gasteiger partial charge is 0.501 e. The molecule has 0 spiro atoms. The molecule has 0 unspecified atom stereocenters. The third-order valence-electron chi connectivity index (χ3n) is 3.87. The summed E-state index contributed by atoms with van der Waals surface area (Å²) in [5.74, 6) is -0.907. The summed E-state index contributed by atoms with van der Waals surface area (Å²) in [4.78, 5) is 34.7. The standard InChI is InChI=1S/C17H17N5O4/c1-21(9-11-3-5-18-6-4-11)17-20-14(15(24)16(25)22(17)2)13(23)7-12-8-19-26-10-12/h3-6,8,10,24H,7,9H2,1-2H3. The normalized spacial score (nSPS) is 10.7. The highest BCUT2D eigenvalue weighted by Crippen LogP contribution is 2.18. The Bertz CT molecular complexity index is 967. The van der Waals surface area contributed by atoms with Crippen molar-refractivity contribution in [1.82, 2.24) is 19.7 Å². The van der Waals surface area contributed by atoms with Crippen LogP contribution in [0.25, 0.3) is 0 Å². The number of anilines is 1. The number of rotatable bonds is 6. The first kappa shape index (κ1) is 17.3. The van der Waals surface area contributed by atoms with Gasteiger partial charge < -0.3 is 14.5 Å². The number of carbonyl (C=O) groups excluding carboxylic acids is 1. The number of hydrogen-bond acceptors (Lipinski definition) is 8. The van der Waals surface area contributed by atoms with Gasteiger partial charge >= 0.3 is 0 Å². The van der Waals surface area contributed by atoms with Gasteiger partial charge in [-0.1, -0.05) is 5.16 Å². The second-order valence-corrected chi connectivity index (χ2v) is 5.82. The lowest BCUT2D eigenvalue weighted by molar-refractivity contribution is 0.0984. The van der Waals surface area contributed by atoms with E-state index in [2.05, 4.69) is 19.6 Å². The Kier molecular flexibility index (Phi) is 4.78. The van der Waals surface area contributed by atoms with E-state index in [1.807, 2.05) is 12.1 Å². The number of hydrogen-bond donors (Lipinski definition) is 1. The third-order valence-corrected chi connectivity index (χ3v) is 3.87. The summed E-state index contributed by atoms with van der Waals surface area (Å²) in [6.07, 6.45) is 5.98. The van der Waals surface area contributed by atoms with Crippen molar-refractivity contribution in [1.29, 1.82) is 0 Å². The Balaban J connectivity index is 1.94. The zero-order chi connectivity index (χ0) is 18.7. The van der Waals surface area contributed by atoms with E-state index >= 15 is 0 Å². The van der Waals surface area contributed by atoms with Crippen LogP contribution in [-0.4, -0.2) is 37.6 Å². The number of aromatic nitrogens is 4. The van der Waals surface area contributed by atoms with Gasteiger partial charge in [0.25, 0.3) is 5.56 Å². The topological polar surface area (TPSA) is 114 Å². The molecule has 0 atom stereocenters. The minimum absolute atomic E-state index is 0.0786. The molecule has 0 radical (unpaired) electrons. The molecule has 0 aliphatic rings. The molecule has 9 heteroatoms. The molecular formula is C17H17N5O4. The SMILES string of the molecule is CN(Cc1ccncc1)c1nc(C(=O)Cc2cnoc2)c(O)c(=O)n1C. The molecule has 134 valence electrons. The van der Waals surface area contributed by atoms with Gasteiger partial charge in [0.2, 0.25) is 11.7 Å². The first-order valence-electron chi connectivity index (χ1n) is 7.79. The highest BCUT2D eigenvalue weighted by atomic mass is 16.5. The van der Waals surface area contributed by atoms with Crippen molar-refractivity contribution in [3.8, 4) is 5.75 Å². The molecule has 0 bridgehead atoms. The molecule has 3 heterocycles. The zero-order valence-corrected chi connectivity index (χ0v) is 14.3. The van der Waals surface area contributed by atoms with Crippen LogP contribution in [0.15, 0.2) is 46.3 Å². The average Bonchev–Trinajstić information content (AvgIpc) is 3.13. The summed E-state index contributed by atoms with van der Waals surface area (Å²) in [6, 6.07) is 3.68. The summed E-state index contributed by atoms with van der Waals surface area (Å²) < 4.78 is 5.89. The molecular weight excluding hydrogens is 338 g/mol. The van der Waals surface area contributed by atoms with Gasteiger partial charge in [0.05, 0.1) is 6.20 Å². The van der Waals surface area contributed by atoms with E-state index in [0.717, 1.165) is 5.56 Å². The van der Waals surface area contributed by atoms with Gasteiger partial charge in [-0.05, 0) is 17.7 Å². The molecule has 3 aromatic rings. The minimum Gasteiger partial charge on any atom is -0.501 e. The van der Waals surface area contributed by atoms with Crippen LogP contribution in [-0.2, 0) is 20.0 Å². The quantitative estimate of drug-likeness (QED) is 0.650. The molecule has 3 aromatic heterocycles. The van der Waals surface area contributed by atoms with Gasteiger partial charge in [0.15, 0.2) is 11.5 Å². The molecule has 26 heavy (non-hydrogen) atoms. The number of nitrogens with zero attached hydrogens (tertiary/aromatic N) is 5. The monoisotopic (exact) mass is 355 g/mol. The number of aromatic hydroxyl groups is 1. The van der Waals surface area contributed by atoms with Crippen molar-refractivity contribution in [2.24, 2.45) is 7.05 Å². The van der Waals surface area contributed by atoms with E-state index in [-0.39, 0.29) is 18.1 Å². The third kappa shape index (κ3) is 3.46. The van der Waals surface area contributed by atoms with Gasteiger partial charge in [0.1, 0.15) is 6.26 Å². The Hall–Kier alpha value is -3.49. The van der Waals surface area contributed by atoms with Crippen molar-refractivity contribution in [2.75, 3.05) is 11.9 Å². The molecule has 0 saturated carbocycles. The van der Waals surface area contributed by atoms with Crippen molar-refractivity contribution >= 4 is 11.7 Å². The highest BCUT2D eigenvalue weighted by molar-refractivity contribution is 5.98. The lowest BCUT2D eigenvalue weighted by Gasteiger charge is -2.21. The van der Waals surface area contributed by atoms with Crippen LogP contribution in [0.2, 0.25) is 0 Å². The van der Waals surface area contributed by atoms with Crippen LogP contribution in [0.4, 0.5) is 5.95 Å². The summed E-state index contributed by atoms with van der Waals surface area (Å²) in [7, 11) is 3.23. The molecule has 0 fully saturated rings. The van der Waals surface area contributed by atoms with E-state index in [0.29, 0.717) is 12.1 Å². The first-order valence-corrected chi connectivity index (χ1v) is 7.79. The smallest absolute Gasteiger partial charge is 0.297 e. The minimum atomic E-state index is -0.690. The van der Waals surface area contributed by atoms with E-state index in [4.69, 9.17) is 0 Å². The Labute approximate surface area is 148 Å². The average molecular weight is 355 g/mol. The lowest BCUT2D eigenvalue weighted by Crippen LogP contribution is -2.30. The van der Waals surface area contributed by atoms with E-state index in [1.165, 1.54) is 24.1 Å². The predicted octanol–water partition coefficient (Wildman–Crippen LogP) is 0.931. The predicted molar refractivity (Wildman–Crippen MR) is 92.0 cm³/mol. The van der Waals surface area contributed by atoms with Crippen LogP contribution in [0, 0.1) is 0 Å².